The lowest BCUT2D eigenvalue weighted by Crippen LogP contribution is -2.43. The average molecular weight is 386 g/mol. The van der Waals surface area contributed by atoms with Gasteiger partial charge in [-0.15, -0.1) is 0 Å². The first kappa shape index (κ1) is 18.8. The number of nitrogens with zero attached hydrogens (tertiary/aromatic N) is 1. The minimum absolute atomic E-state index is 0.0166. The molecule has 0 aromatic heterocycles. The maximum absolute atomic E-state index is 12.4. The number of hydrogen-bond donors (Lipinski definition) is 0. The van der Waals surface area contributed by atoms with Crippen LogP contribution in [0.15, 0.2) is 18.2 Å². The molecule has 2 unspecified atom stereocenters. The van der Waals surface area contributed by atoms with Crippen LogP contribution in [-0.4, -0.2) is 43.4 Å². The topological polar surface area (TPSA) is 38.8 Å². The van der Waals surface area contributed by atoms with Gasteiger partial charge in [-0.1, -0.05) is 29.3 Å². The summed E-state index contributed by atoms with van der Waals surface area (Å²) in [6.45, 7) is 7.70. The number of piperidine rings is 1. The maximum Gasteiger partial charge on any atom is 0.410 e. The molecule has 1 saturated carbocycles. The van der Waals surface area contributed by atoms with E-state index in [-0.39, 0.29) is 11.5 Å². The zero-order valence-electron chi connectivity index (χ0n) is 15.1. The lowest BCUT2D eigenvalue weighted by atomic mass is 9.86. The molecular formula is C19H25Cl2NO3. The quantitative estimate of drug-likeness (QED) is 0.752. The van der Waals surface area contributed by atoms with Crippen LogP contribution in [-0.2, 0) is 14.9 Å². The van der Waals surface area contributed by atoms with E-state index in [1.54, 1.807) is 7.11 Å². The van der Waals surface area contributed by atoms with E-state index in [1.807, 2.05) is 37.8 Å². The summed E-state index contributed by atoms with van der Waals surface area (Å²) in [6.07, 6.45) is 0.640. The van der Waals surface area contributed by atoms with Gasteiger partial charge in [0.15, 0.2) is 0 Å². The van der Waals surface area contributed by atoms with E-state index in [2.05, 4.69) is 6.07 Å². The number of likely N-dealkylation sites (tertiary alicyclic amines) is 1. The van der Waals surface area contributed by atoms with Crippen LogP contribution >= 0.6 is 23.2 Å². The van der Waals surface area contributed by atoms with E-state index < -0.39 is 5.60 Å². The molecule has 1 aromatic rings. The second kappa shape index (κ2) is 6.64. The Kier molecular flexibility index (Phi) is 5.00. The molecule has 1 aromatic carbocycles. The molecule has 138 valence electrons. The maximum atomic E-state index is 12.4. The number of ether oxygens (including phenoxy) is 2. The van der Waals surface area contributed by atoms with Crippen LogP contribution in [0.25, 0.3) is 0 Å². The smallest absolute Gasteiger partial charge is 0.410 e. The molecule has 0 bridgehead atoms. The molecule has 3 rings (SSSR count). The molecule has 0 radical (unpaired) electrons. The van der Waals surface area contributed by atoms with Crippen molar-refractivity contribution < 1.29 is 14.3 Å². The van der Waals surface area contributed by atoms with Gasteiger partial charge in [-0.3, -0.25) is 0 Å². The molecule has 0 N–H and O–H groups in total. The third-order valence-electron chi connectivity index (χ3n) is 5.37. The molecule has 1 aliphatic carbocycles. The third-order valence-corrected chi connectivity index (χ3v) is 6.11. The summed E-state index contributed by atoms with van der Waals surface area (Å²) in [7, 11) is 1.72. The minimum atomic E-state index is -0.481. The van der Waals surface area contributed by atoms with Crippen molar-refractivity contribution in [2.45, 2.75) is 38.2 Å². The summed E-state index contributed by atoms with van der Waals surface area (Å²) < 4.78 is 11.0. The highest BCUT2D eigenvalue weighted by atomic mass is 35.5. The number of carbonyl (C=O) groups excluding carboxylic acids is 1. The normalized spacial score (nSPS) is 28.5. The zero-order valence-corrected chi connectivity index (χ0v) is 16.7. The van der Waals surface area contributed by atoms with Crippen LogP contribution < -0.4 is 0 Å². The monoisotopic (exact) mass is 385 g/mol. The number of hydrogen-bond acceptors (Lipinski definition) is 3. The van der Waals surface area contributed by atoms with Crippen molar-refractivity contribution in [1.29, 1.82) is 0 Å². The highest BCUT2D eigenvalue weighted by molar-refractivity contribution is 6.42. The third kappa shape index (κ3) is 3.49. The molecule has 25 heavy (non-hydrogen) atoms. The van der Waals surface area contributed by atoms with Crippen LogP contribution in [0.5, 0.6) is 0 Å². The van der Waals surface area contributed by atoms with E-state index in [1.165, 1.54) is 5.56 Å². The lowest BCUT2D eigenvalue weighted by molar-refractivity contribution is 0.0198. The Balaban J connectivity index is 1.80. The molecule has 1 aliphatic heterocycles. The molecule has 2 fully saturated rings. The van der Waals surface area contributed by atoms with Crippen molar-refractivity contribution in [2.75, 3.05) is 26.8 Å². The Morgan fingerprint density at radius 3 is 2.64 bits per heavy atom. The molecule has 4 nitrogen and oxygen atoms in total. The Morgan fingerprint density at radius 1 is 1.32 bits per heavy atom. The van der Waals surface area contributed by atoms with E-state index >= 15 is 0 Å². The van der Waals surface area contributed by atoms with Crippen molar-refractivity contribution in [1.82, 2.24) is 4.90 Å². The first-order valence-electron chi connectivity index (χ1n) is 8.61. The highest BCUT2D eigenvalue weighted by Gasteiger charge is 2.67. The van der Waals surface area contributed by atoms with Crippen LogP contribution in [0.3, 0.4) is 0 Å². The Morgan fingerprint density at radius 2 is 2.04 bits per heavy atom. The lowest BCUT2D eigenvalue weighted by Gasteiger charge is -2.33. The number of fused-ring (bicyclic) bond motifs is 1. The van der Waals surface area contributed by atoms with Crippen LogP contribution in [0.2, 0.25) is 10.0 Å². The van der Waals surface area contributed by atoms with Crippen molar-refractivity contribution in [3.63, 3.8) is 0 Å². The van der Waals surface area contributed by atoms with E-state index in [4.69, 9.17) is 32.7 Å². The van der Waals surface area contributed by atoms with Gasteiger partial charge in [0.1, 0.15) is 5.60 Å². The van der Waals surface area contributed by atoms with Gasteiger partial charge in [0.2, 0.25) is 0 Å². The van der Waals surface area contributed by atoms with E-state index in [0.29, 0.717) is 41.6 Å². The minimum Gasteiger partial charge on any atom is -0.444 e. The van der Waals surface area contributed by atoms with Gasteiger partial charge in [-0.25, -0.2) is 4.79 Å². The summed E-state index contributed by atoms with van der Waals surface area (Å²) in [5.74, 6) is 0.730. The number of amides is 1. The van der Waals surface area contributed by atoms with E-state index in [0.717, 1.165) is 6.42 Å². The van der Waals surface area contributed by atoms with Crippen molar-refractivity contribution in [3.05, 3.63) is 33.8 Å². The van der Waals surface area contributed by atoms with Gasteiger partial charge in [0, 0.05) is 25.6 Å². The predicted octanol–water partition coefficient (Wildman–Crippen LogP) is 4.76. The van der Waals surface area contributed by atoms with Crippen LogP contribution in [0, 0.1) is 11.8 Å². The van der Waals surface area contributed by atoms with Gasteiger partial charge in [-0.05, 0) is 56.7 Å². The van der Waals surface area contributed by atoms with Crippen LogP contribution in [0.1, 0.15) is 32.8 Å². The summed E-state index contributed by atoms with van der Waals surface area (Å²) in [5.41, 5.74) is 0.728. The fourth-order valence-electron chi connectivity index (χ4n) is 4.21. The molecule has 1 heterocycles. The first-order valence-corrected chi connectivity index (χ1v) is 9.37. The van der Waals surface area contributed by atoms with Gasteiger partial charge < -0.3 is 14.4 Å². The summed E-state index contributed by atoms with van der Waals surface area (Å²) in [5, 5.41) is 1.14. The fraction of sp³-hybridized carbons (Fsp3) is 0.632. The summed E-state index contributed by atoms with van der Waals surface area (Å²) in [6, 6.07) is 5.88. The number of methoxy groups -OCH3 is 1. The number of carbonyl (C=O) groups is 1. The first-order chi connectivity index (χ1) is 11.7. The van der Waals surface area contributed by atoms with Gasteiger partial charge in [0.05, 0.1) is 16.7 Å². The van der Waals surface area contributed by atoms with Crippen molar-refractivity contribution in [2.24, 2.45) is 11.8 Å². The summed E-state index contributed by atoms with van der Waals surface area (Å²) in [4.78, 5) is 14.2. The fourth-order valence-corrected chi connectivity index (χ4v) is 4.51. The molecule has 1 saturated heterocycles. The molecule has 0 spiro atoms. The molecule has 1 amide bonds. The largest absolute Gasteiger partial charge is 0.444 e. The SMILES string of the molecule is COCC1[C@@H]2CN(C(=O)OC(C)(C)C)CCC12c1ccc(Cl)c(Cl)c1. The predicted molar refractivity (Wildman–Crippen MR) is 99.4 cm³/mol. The highest BCUT2D eigenvalue weighted by Crippen LogP contribution is 2.64. The Hall–Kier alpha value is -0.970. The second-order valence-electron chi connectivity index (χ2n) is 8.01. The standard InChI is InChI=1S/C19H25Cl2NO3/c1-18(2,3)25-17(23)22-8-7-19(13(10-22)14(19)11-24-4)12-5-6-15(20)16(21)9-12/h5-6,9,13-14H,7-8,10-11H2,1-4H3/t13-,14?,19?/m0/s1. The summed E-state index contributed by atoms with van der Waals surface area (Å²) >= 11 is 12.3. The molecule has 6 heteroatoms. The number of rotatable bonds is 3. The number of benzene rings is 1. The van der Waals surface area contributed by atoms with Crippen molar-refractivity contribution >= 4 is 29.3 Å². The molecular weight excluding hydrogens is 361 g/mol. The van der Waals surface area contributed by atoms with Crippen LogP contribution in [0.4, 0.5) is 4.79 Å². The average Bonchev–Trinajstić information content (AvgIpc) is 3.17. The van der Waals surface area contributed by atoms with Gasteiger partial charge in [0.25, 0.3) is 0 Å². The second-order valence-corrected chi connectivity index (χ2v) is 8.83. The van der Waals surface area contributed by atoms with Gasteiger partial charge >= 0.3 is 6.09 Å². The van der Waals surface area contributed by atoms with E-state index in [9.17, 15) is 4.79 Å². The van der Waals surface area contributed by atoms with Crippen molar-refractivity contribution in [3.8, 4) is 0 Å². The molecule has 3 atom stereocenters. The molecule has 2 aliphatic rings. The Labute approximate surface area is 159 Å². The van der Waals surface area contributed by atoms with Gasteiger partial charge in [-0.2, -0.15) is 0 Å². The number of halogens is 2. The Bertz CT molecular complexity index is 673. The zero-order chi connectivity index (χ0) is 18.4.